The van der Waals surface area contributed by atoms with Gasteiger partial charge in [0.1, 0.15) is 12.2 Å². The van der Waals surface area contributed by atoms with Crippen LogP contribution in [0.25, 0.3) is 0 Å². The van der Waals surface area contributed by atoms with E-state index < -0.39 is 30.3 Å². The summed E-state index contributed by atoms with van der Waals surface area (Å²) in [5.74, 6) is -1.01. The third-order valence-corrected chi connectivity index (χ3v) is 2.74. The van der Waals surface area contributed by atoms with Crippen molar-refractivity contribution in [3.63, 3.8) is 0 Å². The molecular formula is C13H14O6. The summed E-state index contributed by atoms with van der Waals surface area (Å²) in [7, 11) is 0. The van der Waals surface area contributed by atoms with Gasteiger partial charge in [0.2, 0.25) is 0 Å². The molecule has 0 aliphatic carbocycles. The van der Waals surface area contributed by atoms with E-state index in [4.69, 9.17) is 14.2 Å². The van der Waals surface area contributed by atoms with Crippen molar-refractivity contribution in [3.05, 3.63) is 29.2 Å². The van der Waals surface area contributed by atoms with Crippen molar-refractivity contribution in [1.82, 2.24) is 0 Å². The minimum absolute atomic E-state index is 0.0620. The molecule has 6 heteroatoms. The number of hydrogen-bond acceptors (Lipinski definition) is 6. The molecule has 0 radical (unpaired) electrons. The van der Waals surface area contributed by atoms with Gasteiger partial charge in [-0.05, 0) is 19.9 Å². The lowest BCUT2D eigenvalue weighted by atomic mass is 10.0. The Morgan fingerprint density at radius 3 is 3.00 bits per heavy atom. The van der Waals surface area contributed by atoms with Crippen LogP contribution in [0.2, 0.25) is 0 Å². The van der Waals surface area contributed by atoms with Crippen LogP contribution in [0, 0.1) is 0 Å². The summed E-state index contributed by atoms with van der Waals surface area (Å²) in [5, 5.41) is 9.78. The molecule has 0 saturated carbocycles. The highest BCUT2D eigenvalue weighted by molar-refractivity contribution is 5.92. The molecule has 2 heterocycles. The lowest BCUT2D eigenvalue weighted by Gasteiger charge is -2.23. The fourth-order valence-corrected chi connectivity index (χ4v) is 1.88. The van der Waals surface area contributed by atoms with Gasteiger partial charge in [0.25, 0.3) is 0 Å². The lowest BCUT2D eigenvalue weighted by molar-refractivity contribution is -0.139. The number of rotatable bonds is 2. The van der Waals surface area contributed by atoms with Crippen LogP contribution in [0.1, 0.15) is 13.8 Å². The molecule has 0 aromatic rings. The molecule has 0 amide bonds. The Hall–Kier alpha value is -2.04. The van der Waals surface area contributed by atoms with Gasteiger partial charge in [-0.2, -0.15) is 0 Å². The van der Waals surface area contributed by atoms with Crippen LogP contribution in [0.15, 0.2) is 29.2 Å². The van der Waals surface area contributed by atoms with E-state index in [0.29, 0.717) is 5.57 Å². The van der Waals surface area contributed by atoms with Gasteiger partial charge in [0, 0.05) is 0 Å². The zero-order chi connectivity index (χ0) is 14.0. The van der Waals surface area contributed by atoms with Crippen molar-refractivity contribution in [2.24, 2.45) is 0 Å². The highest BCUT2D eigenvalue weighted by atomic mass is 16.6. The number of aliphatic hydroxyl groups excluding tert-OH is 1. The molecular weight excluding hydrogens is 252 g/mol. The van der Waals surface area contributed by atoms with E-state index >= 15 is 0 Å². The second-order valence-corrected chi connectivity index (χ2v) is 4.12. The summed E-state index contributed by atoms with van der Waals surface area (Å²) in [6, 6.07) is 0. The van der Waals surface area contributed by atoms with Crippen molar-refractivity contribution in [2.45, 2.75) is 32.2 Å². The first-order chi connectivity index (χ1) is 9.02. The van der Waals surface area contributed by atoms with Gasteiger partial charge in [-0.1, -0.05) is 5.73 Å². The lowest BCUT2D eigenvalue weighted by Crippen LogP contribution is -2.30. The molecule has 2 aliphatic heterocycles. The Morgan fingerprint density at radius 2 is 2.32 bits per heavy atom. The van der Waals surface area contributed by atoms with Gasteiger partial charge in [0.05, 0.1) is 18.3 Å². The Labute approximate surface area is 109 Å². The van der Waals surface area contributed by atoms with Gasteiger partial charge in [0.15, 0.2) is 11.9 Å². The minimum Gasteiger partial charge on any atom is -0.475 e. The van der Waals surface area contributed by atoms with Crippen LogP contribution >= 0.6 is 0 Å². The monoisotopic (exact) mass is 266 g/mol. The van der Waals surface area contributed by atoms with Gasteiger partial charge in [-0.3, -0.25) is 0 Å². The fourth-order valence-electron chi connectivity index (χ4n) is 1.88. The minimum atomic E-state index is -1.13. The molecule has 19 heavy (non-hydrogen) atoms. The Balaban J connectivity index is 2.23. The number of esters is 2. The second kappa shape index (κ2) is 5.30. The standard InChI is InChI=1S/C13H14O6/c1-3-17-11(15)5-4-10-9(14)6-8-12(19-10)7(2)18-13(8)16/h5-7,9,12,14H,3H2,1-2H3/t4?,7-,9+,12+/m0/s1. The number of aliphatic hydroxyl groups is 1. The first kappa shape index (κ1) is 13.4. The summed E-state index contributed by atoms with van der Waals surface area (Å²) < 4.78 is 15.1. The Bertz CT molecular complexity index is 497. The van der Waals surface area contributed by atoms with Crippen LogP contribution in [0.4, 0.5) is 0 Å². The van der Waals surface area contributed by atoms with E-state index in [1.807, 2.05) is 0 Å². The summed E-state index contributed by atoms with van der Waals surface area (Å²) >= 11 is 0. The van der Waals surface area contributed by atoms with Gasteiger partial charge < -0.3 is 19.3 Å². The molecule has 6 nitrogen and oxygen atoms in total. The van der Waals surface area contributed by atoms with E-state index in [2.05, 4.69) is 5.73 Å². The second-order valence-electron chi connectivity index (χ2n) is 4.12. The van der Waals surface area contributed by atoms with Crippen LogP contribution in [0.3, 0.4) is 0 Å². The Kier molecular flexibility index (Phi) is 3.74. The molecule has 0 unspecified atom stereocenters. The fraction of sp³-hybridized carbons (Fsp3) is 0.462. The molecule has 1 fully saturated rings. The molecule has 3 atom stereocenters. The van der Waals surface area contributed by atoms with E-state index in [-0.39, 0.29) is 12.4 Å². The average Bonchev–Trinajstić information content (AvgIpc) is 2.62. The number of fused-ring (bicyclic) bond motifs is 1. The molecule has 0 aromatic heterocycles. The number of ether oxygens (including phenoxy) is 3. The quantitative estimate of drug-likeness (QED) is 0.437. The van der Waals surface area contributed by atoms with Crippen LogP contribution < -0.4 is 0 Å². The molecule has 1 saturated heterocycles. The van der Waals surface area contributed by atoms with Crippen molar-refractivity contribution in [1.29, 1.82) is 0 Å². The maximum absolute atomic E-state index is 11.4. The number of carbonyl (C=O) groups excluding carboxylic acids is 2. The van der Waals surface area contributed by atoms with Crippen LogP contribution in [-0.2, 0) is 23.8 Å². The Morgan fingerprint density at radius 1 is 1.58 bits per heavy atom. The average molecular weight is 266 g/mol. The zero-order valence-electron chi connectivity index (χ0n) is 10.6. The molecule has 102 valence electrons. The number of carbonyl (C=O) groups is 2. The maximum atomic E-state index is 11.4. The predicted molar refractivity (Wildman–Crippen MR) is 62.7 cm³/mol. The van der Waals surface area contributed by atoms with Crippen LogP contribution in [-0.4, -0.2) is 42.0 Å². The number of cyclic esters (lactones) is 1. The summed E-state index contributed by atoms with van der Waals surface area (Å²) in [5.41, 5.74) is 2.83. The maximum Gasteiger partial charge on any atom is 0.338 e. The topological polar surface area (TPSA) is 82.1 Å². The molecule has 2 aliphatic rings. The highest BCUT2D eigenvalue weighted by Crippen LogP contribution is 2.31. The van der Waals surface area contributed by atoms with E-state index in [0.717, 1.165) is 6.08 Å². The third-order valence-electron chi connectivity index (χ3n) is 2.74. The molecule has 0 bridgehead atoms. The molecule has 0 spiro atoms. The number of hydrogen-bond donors (Lipinski definition) is 1. The normalized spacial score (nSPS) is 28.6. The first-order valence-corrected chi connectivity index (χ1v) is 5.93. The third kappa shape index (κ3) is 2.70. The molecule has 0 aromatic carbocycles. The smallest absolute Gasteiger partial charge is 0.338 e. The van der Waals surface area contributed by atoms with Gasteiger partial charge in [-0.25, -0.2) is 9.59 Å². The SMILES string of the molecule is CCOC(=O)C=C=C1O[C@H]2C(=C[C@H]1O)C(=O)O[C@H]2C. The van der Waals surface area contributed by atoms with Crippen molar-refractivity contribution >= 4 is 11.9 Å². The first-order valence-electron chi connectivity index (χ1n) is 5.93. The van der Waals surface area contributed by atoms with E-state index in [9.17, 15) is 14.7 Å². The summed E-state index contributed by atoms with van der Waals surface area (Å²) in [6.07, 6.45) is 0.249. The van der Waals surface area contributed by atoms with E-state index in [1.165, 1.54) is 6.08 Å². The van der Waals surface area contributed by atoms with E-state index in [1.54, 1.807) is 13.8 Å². The van der Waals surface area contributed by atoms with Crippen molar-refractivity contribution in [2.75, 3.05) is 6.61 Å². The molecule has 2 rings (SSSR count). The summed E-state index contributed by atoms with van der Waals surface area (Å²) in [6.45, 7) is 3.62. The molecule has 1 N–H and O–H groups in total. The van der Waals surface area contributed by atoms with Crippen LogP contribution in [0.5, 0.6) is 0 Å². The zero-order valence-corrected chi connectivity index (χ0v) is 10.6. The largest absolute Gasteiger partial charge is 0.475 e. The van der Waals surface area contributed by atoms with Crippen molar-refractivity contribution in [3.8, 4) is 0 Å². The van der Waals surface area contributed by atoms with Gasteiger partial charge in [-0.15, -0.1) is 0 Å². The predicted octanol–water partition coefficient (Wildman–Crippen LogP) is 0.220. The highest BCUT2D eigenvalue weighted by Gasteiger charge is 2.43. The summed E-state index contributed by atoms with van der Waals surface area (Å²) in [4.78, 5) is 22.6. The van der Waals surface area contributed by atoms with Crippen molar-refractivity contribution < 1.29 is 28.9 Å². The van der Waals surface area contributed by atoms with Gasteiger partial charge >= 0.3 is 11.9 Å².